The first-order chi connectivity index (χ1) is 10.6. The number of hydrogen-bond acceptors (Lipinski definition) is 3. The molecule has 0 saturated carbocycles. The minimum Gasteiger partial charge on any atom is -0.370 e. The average Bonchev–Trinajstić information content (AvgIpc) is 2.57. The van der Waals surface area contributed by atoms with Gasteiger partial charge in [0, 0.05) is 13.1 Å². The first-order valence-electron chi connectivity index (χ1n) is 7.71. The molecule has 2 fully saturated rings. The number of morpholine rings is 1. The highest BCUT2D eigenvalue weighted by Crippen LogP contribution is 2.29. The SMILES string of the molecule is O=C(C1CCCNC1)N1CCOC(c2ccc(Cl)c(Cl)c2)C1. The lowest BCUT2D eigenvalue weighted by Gasteiger charge is -2.36. The molecule has 2 unspecified atom stereocenters. The van der Waals surface area contributed by atoms with Gasteiger partial charge in [0.15, 0.2) is 0 Å². The van der Waals surface area contributed by atoms with Crippen LogP contribution in [-0.2, 0) is 9.53 Å². The van der Waals surface area contributed by atoms with Crippen LogP contribution in [0.5, 0.6) is 0 Å². The van der Waals surface area contributed by atoms with Crippen molar-refractivity contribution in [3.05, 3.63) is 33.8 Å². The number of nitrogens with one attached hydrogen (secondary N) is 1. The summed E-state index contributed by atoms with van der Waals surface area (Å²) in [6.45, 7) is 3.59. The number of amides is 1. The number of hydrogen-bond donors (Lipinski definition) is 1. The summed E-state index contributed by atoms with van der Waals surface area (Å²) in [5.41, 5.74) is 0.966. The molecule has 3 rings (SSSR count). The van der Waals surface area contributed by atoms with Crippen LogP contribution in [0.1, 0.15) is 24.5 Å². The van der Waals surface area contributed by atoms with E-state index in [0.717, 1.165) is 31.5 Å². The zero-order valence-electron chi connectivity index (χ0n) is 12.4. The third-order valence-electron chi connectivity index (χ3n) is 4.34. The molecule has 1 N–H and O–H groups in total. The van der Waals surface area contributed by atoms with Crippen molar-refractivity contribution in [3.63, 3.8) is 0 Å². The predicted molar refractivity (Wildman–Crippen MR) is 87.3 cm³/mol. The number of rotatable bonds is 2. The van der Waals surface area contributed by atoms with Crippen LogP contribution in [0.15, 0.2) is 18.2 Å². The van der Waals surface area contributed by atoms with Crippen molar-refractivity contribution >= 4 is 29.1 Å². The Balaban J connectivity index is 1.68. The number of halogens is 2. The number of benzene rings is 1. The monoisotopic (exact) mass is 342 g/mol. The van der Waals surface area contributed by atoms with Crippen molar-refractivity contribution in [2.24, 2.45) is 5.92 Å². The lowest BCUT2D eigenvalue weighted by Crippen LogP contribution is -2.48. The fourth-order valence-electron chi connectivity index (χ4n) is 3.08. The molecule has 120 valence electrons. The Labute approximate surface area is 140 Å². The zero-order chi connectivity index (χ0) is 15.5. The van der Waals surface area contributed by atoms with Crippen LogP contribution < -0.4 is 5.32 Å². The smallest absolute Gasteiger partial charge is 0.227 e. The number of carbonyl (C=O) groups excluding carboxylic acids is 1. The van der Waals surface area contributed by atoms with E-state index in [4.69, 9.17) is 27.9 Å². The van der Waals surface area contributed by atoms with E-state index in [1.807, 2.05) is 17.0 Å². The summed E-state index contributed by atoms with van der Waals surface area (Å²) in [7, 11) is 0. The molecule has 6 heteroatoms. The van der Waals surface area contributed by atoms with Gasteiger partial charge in [-0.05, 0) is 37.1 Å². The fourth-order valence-corrected chi connectivity index (χ4v) is 3.39. The lowest BCUT2D eigenvalue weighted by atomic mass is 9.97. The second kappa shape index (κ2) is 7.18. The molecule has 1 aromatic rings. The first kappa shape index (κ1) is 16.1. The highest BCUT2D eigenvalue weighted by Gasteiger charge is 2.30. The third-order valence-corrected chi connectivity index (χ3v) is 5.08. The molecule has 0 bridgehead atoms. The summed E-state index contributed by atoms with van der Waals surface area (Å²) in [5, 5.41) is 4.35. The topological polar surface area (TPSA) is 41.6 Å². The summed E-state index contributed by atoms with van der Waals surface area (Å²) in [6, 6.07) is 5.51. The van der Waals surface area contributed by atoms with E-state index < -0.39 is 0 Å². The molecule has 2 aliphatic rings. The molecule has 22 heavy (non-hydrogen) atoms. The summed E-state index contributed by atoms with van der Waals surface area (Å²) in [6.07, 6.45) is 1.90. The molecule has 4 nitrogen and oxygen atoms in total. The van der Waals surface area contributed by atoms with Crippen molar-refractivity contribution in [3.8, 4) is 0 Å². The summed E-state index contributed by atoms with van der Waals surface area (Å²) in [5.74, 6) is 0.335. The molecule has 0 aromatic heterocycles. The van der Waals surface area contributed by atoms with Gasteiger partial charge in [0.2, 0.25) is 5.91 Å². The molecule has 1 amide bonds. The van der Waals surface area contributed by atoms with E-state index in [0.29, 0.717) is 29.7 Å². The molecule has 0 aliphatic carbocycles. The van der Waals surface area contributed by atoms with Crippen LogP contribution in [0.4, 0.5) is 0 Å². The Morgan fingerprint density at radius 1 is 1.32 bits per heavy atom. The van der Waals surface area contributed by atoms with Gasteiger partial charge in [-0.25, -0.2) is 0 Å². The molecule has 2 saturated heterocycles. The normalized spacial score (nSPS) is 26.0. The van der Waals surface area contributed by atoms with Crippen molar-refractivity contribution < 1.29 is 9.53 Å². The standard InChI is InChI=1S/C16H20Cl2N2O2/c17-13-4-3-11(8-14(13)18)15-10-20(6-7-22-15)16(21)12-2-1-5-19-9-12/h3-4,8,12,15,19H,1-2,5-7,9-10H2. The maximum Gasteiger partial charge on any atom is 0.227 e. The van der Waals surface area contributed by atoms with Crippen molar-refractivity contribution in [1.29, 1.82) is 0 Å². The van der Waals surface area contributed by atoms with Gasteiger partial charge in [0.25, 0.3) is 0 Å². The van der Waals surface area contributed by atoms with E-state index in [2.05, 4.69) is 5.32 Å². The summed E-state index contributed by atoms with van der Waals surface area (Å²) in [4.78, 5) is 14.6. The van der Waals surface area contributed by atoms with Gasteiger partial charge >= 0.3 is 0 Å². The van der Waals surface area contributed by atoms with Gasteiger partial charge in [-0.15, -0.1) is 0 Å². The number of piperidine rings is 1. The van der Waals surface area contributed by atoms with E-state index in [-0.39, 0.29) is 17.9 Å². The second-order valence-electron chi connectivity index (χ2n) is 5.86. The zero-order valence-corrected chi connectivity index (χ0v) is 13.9. The first-order valence-corrected chi connectivity index (χ1v) is 8.47. The van der Waals surface area contributed by atoms with E-state index in [9.17, 15) is 4.79 Å². The molecule has 1 aromatic carbocycles. The van der Waals surface area contributed by atoms with Crippen LogP contribution in [0.3, 0.4) is 0 Å². The minimum absolute atomic E-state index is 0.0984. The Morgan fingerprint density at radius 2 is 2.18 bits per heavy atom. The van der Waals surface area contributed by atoms with E-state index >= 15 is 0 Å². The van der Waals surface area contributed by atoms with Crippen LogP contribution in [0.2, 0.25) is 10.0 Å². The number of nitrogens with zero attached hydrogens (tertiary/aromatic N) is 1. The van der Waals surface area contributed by atoms with Gasteiger partial charge in [-0.3, -0.25) is 4.79 Å². The molecule has 2 heterocycles. The Bertz CT molecular complexity index is 547. The van der Waals surface area contributed by atoms with E-state index in [1.165, 1.54) is 0 Å². The molecular weight excluding hydrogens is 323 g/mol. The molecular formula is C16H20Cl2N2O2. The lowest BCUT2D eigenvalue weighted by molar-refractivity contribution is -0.143. The maximum atomic E-state index is 12.6. The Hall–Kier alpha value is -0.810. The third kappa shape index (κ3) is 3.57. The molecule has 0 radical (unpaired) electrons. The Kier molecular flexibility index (Phi) is 5.24. The van der Waals surface area contributed by atoms with Gasteiger partial charge < -0.3 is 15.0 Å². The molecule has 2 atom stereocenters. The van der Waals surface area contributed by atoms with E-state index in [1.54, 1.807) is 6.07 Å². The predicted octanol–water partition coefficient (Wildman–Crippen LogP) is 2.89. The minimum atomic E-state index is -0.135. The maximum absolute atomic E-state index is 12.6. The van der Waals surface area contributed by atoms with Gasteiger partial charge in [0.1, 0.15) is 6.10 Å². The van der Waals surface area contributed by atoms with Crippen molar-refractivity contribution in [2.75, 3.05) is 32.8 Å². The largest absolute Gasteiger partial charge is 0.370 e. The van der Waals surface area contributed by atoms with Gasteiger partial charge in [-0.2, -0.15) is 0 Å². The van der Waals surface area contributed by atoms with Crippen molar-refractivity contribution in [2.45, 2.75) is 18.9 Å². The highest BCUT2D eigenvalue weighted by molar-refractivity contribution is 6.42. The number of carbonyl (C=O) groups is 1. The van der Waals surface area contributed by atoms with Crippen LogP contribution in [-0.4, -0.2) is 43.6 Å². The van der Waals surface area contributed by atoms with Crippen LogP contribution in [0, 0.1) is 5.92 Å². The summed E-state index contributed by atoms with van der Waals surface area (Å²) < 4.78 is 5.82. The molecule has 0 spiro atoms. The summed E-state index contributed by atoms with van der Waals surface area (Å²) >= 11 is 12.0. The quantitative estimate of drug-likeness (QED) is 0.898. The average molecular weight is 343 g/mol. The highest BCUT2D eigenvalue weighted by atomic mass is 35.5. The van der Waals surface area contributed by atoms with Crippen LogP contribution >= 0.6 is 23.2 Å². The molecule has 2 aliphatic heterocycles. The number of ether oxygens (including phenoxy) is 1. The fraction of sp³-hybridized carbons (Fsp3) is 0.562. The van der Waals surface area contributed by atoms with Crippen LogP contribution in [0.25, 0.3) is 0 Å². The van der Waals surface area contributed by atoms with Crippen molar-refractivity contribution in [1.82, 2.24) is 10.2 Å². The Morgan fingerprint density at radius 3 is 2.91 bits per heavy atom. The van der Waals surface area contributed by atoms with Gasteiger partial charge in [-0.1, -0.05) is 29.3 Å². The second-order valence-corrected chi connectivity index (χ2v) is 6.67. The van der Waals surface area contributed by atoms with Gasteiger partial charge in [0.05, 0.1) is 29.1 Å².